The first-order valence-corrected chi connectivity index (χ1v) is 5.01. The summed E-state index contributed by atoms with van der Waals surface area (Å²) in [5, 5.41) is 0. The fourth-order valence-corrected chi connectivity index (χ4v) is 1.94. The maximum Gasteiger partial charge on any atom is 0.324 e. The molecular formula is C8H8NO3S. The van der Waals surface area contributed by atoms with Crippen molar-refractivity contribution in [3.63, 3.8) is 0 Å². The van der Waals surface area contributed by atoms with E-state index < -0.39 is 10.0 Å². The minimum atomic E-state index is -3.71. The molecule has 0 spiro atoms. The van der Waals surface area contributed by atoms with E-state index in [0.717, 1.165) is 6.41 Å². The Morgan fingerprint density at radius 1 is 1.31 bits per heavy atom. The molecule has 1 aromatic rings. The average Bonchev–Trinajstić information content (AvgIpc) is 2.04. The van der Waals surface area contributed by atoms with Crippen molar-refractivity contribution in [1.82, 2.24) is 4.72 Å². The first kappa shape index (κ1) is 9.73. The average molecular weight is 198 g/mol. The highest BCUT2D eigenvalue weighted by Crippen LogP contribution is 2.12. The van der Waals surface area contributed by atoms with Crippen LogP contribution in [-0.2, 0) is 14.8 Å². The van der Waals surface area contributed by atoms with E-state index in [-0.39, 0.29) is 4.90 Å². The molecule has 0 saturated heterocycles. The summed E-state index contributed by atoms with van der Waals surface area (Å²) in [6.07, 6.45) is 1.15. The molecule has 0 fully saturated rings. The van der Waals surface area contributed by atoms with Crippen LogP contribution in [0.4, 0.5) is 0 Å². The molecule has 0 unspecified atom stereocenters. The Balaban J connectivity index is 3.22. The van der Waals surface area contributed by atoms with Crippen LogP contribution in [0.15, 0.2) is 29.2 Å². The monoisotopic (exact) mass is 198 g/mol. The summed E-state index contributed by atoms with van der Waals surface area (Å²) >= 11 is 0. The molecule has 1 amide bonds. The highest BCUT2D eigenvalue weighted by Gasteiger charge is 2.14. The normalized spacial score (nSPS) is 10.8. The third-order valence-corrected chi connectivity index (χ3v) is 2.95. The van der Waals surface area contributed by atoms with Crippen molar-refractivity contribution in [2.24, 2.45) is 0 Å². The Hall–Kier alpha value is -1.36. The van der Waals surface area contributed by atoms with Crippen LogP contribution in [0.2, 0.25) is 0 Å². The van der Waals surface area contributed by atoms with Gasteiger partial charge in [0.05, 0.1) is 4.90 Å². The molecule has 0 aliphatic carbocycles. The fourth-order valence-electron chi connectivity index (χ4n) is 0.968. The van der Waals surface area contributed by atoms with Gasteiger partial charge in [0.25, 0.3) is 10.0 Å². The van der Waals surface area contributed by atoms with E-state index in [2.05, 4.69) is 0 Å². The van der Waals surface area contributed by atoms with Gasteiger partial charge in [-0.25, -0.2) is 13.1 Å². The molecule has 4 nitrogen and oxygen atoms in total. The Labute approximate surface area is 76.6 Å². The van der Waals surface area contributed by atoms with Crippen molar-refractivity contribution in [3.05, 3.63) is 29.8 Å². The third kappa shape index (κ3) is 2.06. The minimum Gasteiger partial charge on any atom is -0.262 e. The maximum atomic E-state index is 11.3. The minimum absolute atomic E-state index is 0.0957. The predicted molar refractivity (Wildman–Crippen MR) is 47.2 cm³/mol. The summed E-state index contributed by atoms with van der Waals surface area (Å²) in [6.45, 7) is 1.65. The Morgan fingerprint density at radius 2 is 1.92 bits per heavy atom. The van der Waals surface area contributed by atoms with Crippen molar-refractivity contribution >= 4 is 16.4 Å². The van der Waals surface area contributed by atoms with Crippen molar-refractivity contribution in [1.29, 1.82) is 0 Å². The second-order valence-electron chi connectivity index (χ2n) is 2.47. The molecule has 1 radical (unpaired) electrons. The first-order chi connectivity index (χ1) is 6.08. The second kappa shape index (κ2) is 3.57. The SMILES string of the molecule is Cc1ccccc1S(=O)(=O)N[C]=O. The van der Waals surface area contributed by atoms with Gasteiger partial charge in [0.15, 0.2) is 0 Å². The molecule has 0 aromatic heterocycles. The van der Waals surface area contributed by atoms with E-state index in [9.17, 15) is 13.2 Å². The summed E-state index contributed by atoms with van der Waals surface area (Å²) in [5.74, 6) is 0. The molecule has 0 saturated carbocycles. The van der Waals surface area contributed by atoms with Gasteiger partial charge in [-0.2, -0.15) is 0 Å². The van der Waals surface area contributed by atoms with E-state index in [4.69, 9.17) is 0 Å². The highest BCUT2D eigenvalue weighted by molar-refractivity contribution is 7.90. The Kier molecular flexibility index (Phi) is 2.67. The number of amides is 1. The summed E-state index contributed by atoms with van der Waals surface area (Å²) in [5.41, 5.74) is 0.588. The molecule has 5 heteroatoms. The number of rotatable bonds is 3. The van der Waals surface area contributed by atoms with Gasteiger partial charge in [0, 0.05) is 0 Å². The van der Waals surface area contributed by atoms with Gasteiger partial charge in [0.1, 0.15) is 0 Å². The van der Waals surface area contributed by atoms with Crippen LogP contribution in [0, 0.1) is 6.92 Å². The van der Waals surface area contributed by atoms with Crippen LogP contribution in [0.1, 0.15) is 5.56 Å². The largest absolute Gasteiger partial charge is 0.324 e. The first-order valence-electron chi connectivity index (χ1n) is 3.52. The summed E-state index contributed by atoms with van der Waals surface area (Å²) in [7, 11) is -3.71. The van der Waals surface area contributed by atoms with Crippen LogP contribution >= 0.6 is 0 Å². The van der Waals surface area contributed by atoms with E-state index in [1.807, 2.05) is 0 Å². The lowest BCUT2D eigenvalue weighted by atomic mass is 10.2. The predicted octanol–water partition coefficient (Wildman–Crippen LogP) is 0.341. The van der Waals surface area contributed by atoms with Crippen molar-refractivity contribution in [2.45, 2.75) is 11.8 Å². The van der Waals surface area contributed by atoms with Crippen molar-refractivity contribution in [2.75, 3.05) is 0 Å². The lowest BCUT2D eigenvalue weighted by Gasteiger charge is -2.03. The van der Waals surface area contributed by atoms with Gasteiger partial charge in [-0.05, 0) is 18.6 Å². The lowest BCUT2D eigenvalue weighted by Crippen LogP contribution is -2.22. The molecular weight excluding hydrogens is 190 g/mol. The number of carbonyl (C=O) groups excluding carboxylic acids is 1. The van der Waals surface area contributed by atoms with E-state index in [1.54, 1.807) is 29.8 Å². The summed E-state index contributed by atoms with van der Waals surface area (Å²) < 4.78 is 24.2. The lowest BCUT2D eigenvalue weighted by molar-refractivity contribution is 0.547. The van der Waals surface area contributed by atoms with Crippen LogP contribution in [-0.4, -0.2) is 14.8 Å². The van der Waals surface area contributed by atoms with Gasteiger partial charge in [-0.1, -0.05) is 18.2 Å². The van der Waals surface area contributed by atoms with Crippen LogP contribution in [0.5, 0.6) is 0 Å². The molecule has 0 heterocycles. The molecule has 1 N–H and O–H groups in total. The molecule has 1 rings (SSSR count). The molecule has 0 atom stereocenters. The van der Waals surface area contributed by atoms with E-state index >= 15 is 0 Å². The van der Waals surface area contributed by atoms with Gasteiger partial charge >= 0.3 is 6.41 Å². The molecule has 69 valence electrons. The van der Waals surface area contributed by atoms with Crippen LogP contribution < -0.4 is 4.72 Å². The zero-order chi connectivity index (χ0) is 9.90. The maximum absolute atomic E-state index is 11.3. The summed E-state index contributed by atoms with van der Waals surface area (Å²) in [4.78, 5) is 9.99. The smallest absolute Gasteiger partial charge is 0.262 e. The quantitative estimate of drug-likeness (QED) is 0.712. The van der Waals surface area contributed by atoms with E-state index in [1.165, 1.54) is 6.07 Å². The van der Waals surface area contributed by atoms with Gasteiger partial charge < -0.3 is 0 Å². The van der Waals surface area contributed by atoms with Gasteiger partial charge in [-0.3, -0.25) is 4.79 Å². The molecule has 0 aliphatic heterocycles. The number of sulfonamides is 1. The standard InChI is InChI=1S/C8H8NO3S/c1-7-4-2-3-5-8(7)13(11,12)9-6-10/h2-5H,1H3,(H,9,10). The fraction of sp³-hybridized carbons (Fsp3) is 0.125. The van der Waals surface area contributed by atoms with Gasteiger partial charge in [0.2, 0.25) is 0 Å². The zero-order valence-corrected chi connectivity index (χ0v) is 7.76. The molecule has 13 heavy (non-hydrogen) atoms. The van der Waals surface area contributed by atoms with Crippen molar-refractivity contribution < 1.29 is 13.2 Å². The second-order valence-corrected chi connectivity index (χ2v) is 4.12. The third-order valence-electron chi connectivity index (χ3n) is 1.56. The van der Waals surface area contributed by atoms with Gasteiger partial charge in [-0.15, -0.1) is 0 Å². The molecule has 0 aliphatic rings. The Morgan fingerprint density at radius 3 is 2.46 bits per heavy atom. The van der Waals surface area contributed by atoms with Crippen molar-refractivity contribution in [3.8, 4) is 0 Å². The number of benzene rings is 1. The number of nitrogens with one attached hydrogen (secondary N) is 1. The summed E-state index contributed by atoms with van der Waals surface area (Å²) in [6, 6.07) is 6.39. The molecule has 0 bridgehead atoms. The zero-order valence-electron chi connectivity index (χ0n) is 6.94. The van der Waals surface area contributed by atoms with Crippen LogP contribution in [0.25, 0.3) is 0 Å². The number of hydrogen-bond acceptors (Lipinski definition) is 3. The topological polar surface area (TPSA) is 63.2 Å². The Bertz CT molecular complexity index is 411. The van der Waals surface area contributed by atoms with Crippen LogP contribution in [0.3, 0.4) is 0 Å². The highest BCUT2D eigenvalue weighted by atomic mass is 32.2. The number of hydrogen-bond donors (Lipinski definition) is 1. The van der Waals surface area contributed by atoms with E-state index in [0.29, 0.717) is 5.56 Å². The molecule has 1 aromatic carbocycles. The number of aryl methyl sites for hydroxylation is 1.